The molecule has 3 rings (SSSR count). The summed E-state index contributed by atoms with van der Waals surface area (Å²) in [6.45, 7) is 1.64. The SMILES string of the molecule is CCCc1cnc2c(c1NC(=O)COc1ccc(Cl)cc1Cl)c(=O)n(C)c(=O)n2C. The Hall–Kier alpha value is -2.84. The predicted molar refractivity (Wildman–Crippen MR) is 117 cm³/mol. The minimum absolute atomic E-state index is 0.170. The zero-order valence-corrected chi connectivity index (χ0v) is 18.2. The van der Waals surface area contributed by atoms with Crippen LogP contribution in [0.15, 0.2) is 34.0 Å². The van der Waals surface area contributed by atoms with Crippen molar-refractivity contribution in [3.63, 3.8) is 0 Å². The van der Waals surface area contributed by atoms with Gasteiger partial charge in [0, 0.05) is 25.3 Å². The standard InChI is InChI=1S/C20H20Cl2N4O4/c1-4-5-11-9-23-18-16(19(28)26(3)20(29)25(18)2)17(11)24-15(27)10-30-14-7-6-12(21)8-13(14)22/h6-9H,4-5,10H2,1-3H3,(H,23,24,27). The van der Waals surface area contributed by atoms with Crippen LogP contribution in [0.1, 0.15) is 18.9 Å². The summed E-state index contributed by atoms with van der Waals surface area (Å²) in [6.07, 6.45) is 2.94. The van der Waals surface area contributed by atoms with Gasteiger partial charge in [-0.05, 0) is 30.2 Å². The Morgan fingerprint density at radius 3 is 2.60 bits per heavy atom. The van der Waals surface area contributed by atoms with E-state index in [4.69, 9.17) is 27.9 Å². The molecule has 1 amide bonds. The zero-order valence-electron chi connectivity index (χ0n) is 16.7. The van der Waals surface area contributed by atoms with Gasteiger partial charge in [0.1, 0.15) is 11.1 Å². The van der Waals surface area contributed by atoms with Gasteiger partial charge in [0.15, 0.2) is 12.3 Å². The van der Waals surface area contributed by atoms with Gasteiger partial charge in [-0.3, -0.25) is 18.7 Å². The Bertz CT molecular complexity index is 1250. The van der Waals surface area contributed by atoms with Crippen LogP contribution in [0, 0.1) is 0 Å². The van der Waals surface area contributed by atoms with Crippen molar-refractivity contribution in [3.8, 4) is 5.75 Å². The molecule has 0 bridgehead atoms. The van der Waals surface area contributed by atoms with Gasteiger partial charge in [0.25, 0.3) is 11.5 Å². The monoisotopic (exact) mass is 450 g/mol. The van der Waals surface area contributed by atoms with Gasteiger partial charge >= 0.3 is 5.69 Å². The van der Waals surface area contributed by atoms with E-state index >= 15 is 0 Å². The van der Waals surface area contributed by atoms with E-state index in [1.54, 1.807) is 18.3 Å². The largest absolute Gasteiger partial charge is 0.482 e. The number of benzene rings is 1. The molecule has 0 aliphatic carbocycles. The van der Waals surface area contributed by atoms with Crippen LogP contribution in [0.5, 0.6) is 5.75 Å². The molecular weight excluding hydrogens is 431 g/mol. The van der Waals surface area contributed by atoms with Crippen LogP contribution in [0.2, 0.25) is 10.0 Å². The van der Waals surface area contributed by atoms with E-state index in [1.807, 2.05) is 6.92 Å². The number of hydrogen-bond acceptors (Lipinski definition) is 5. The van der Waals surface area contributed by atoms with E-state index in [0.29, 0.717) is 28.4 Å². The number of anilines is 1. The summed E-state index contributed by atoms with van der Waals surface area (Å²) in [5.74, 6) is -0.176. The lowest BCUT2D eigenvalue weighted by molar-refractivity contribution is -0.118. The van der Waals surface area contributed by atoms with Crippen molar-refractivity contribution in [2.24, 2.45) is 14.1 Å². The van der Waals surface area contributed by atoms with Crippen LogP contribution in [-0.4, -0.2) is 26.6 Å². The molecule has 158 valence electrons. The number of rotatable bonds is 6. The van der Waals surface area contributed by atoms with Crippen LogP contribution in [-0.2, 0) is 25.3 Å². The first-order valence-electron chi connectivity index (χ1n) is 9.19. The average molecular weight is 451 g/mol. The Balaban J connectivity index is 1.99. The Labute approximate surface area is 182 Å². The Morgan fingerprint density at radius 1 is 1.20 bits per heavy atom. The number of amides is 1. The fourth-order valence-corrected chi connectivity index (χ4v) is 3.54. The van der Waals surface area contributed by atoms with Crippen molar-refractivity contribution < 1.29 is 9.53 Å². The summed E-state index contributed by atoms with van der Waals surface area (Å²) < 4.78 is 7.73. The van der Waals surface area contributed by atoms with Crippen molar-refractivity contribution in [1.29, 1.82) is 0 Å². The molecule has 1 N–H and O–H groups in total. The van der Waals surface area contributed by atoms with E-state index in [9.17, 15) is 14.4 Å². The second kappa shape index (κ2) is 8.89. The van der Waals surface area contributed by atoms with Crippen LogP contribution in [0.3, 0.4) is 0 Å². The summed E-state index contributed by atoms with van der Waals surface area (Å²) >= 11 is 11.9. The second-order valence-electron chi connectivity index (χ2n) is 6.72. The van der Waals surface area contributed by atoms with Gasteiger partial charge in [0.05, 0.1) is 10.7 Å². The third-order valence-corrected chi connectivity index (χ3v) is 5.11. The summed E-state index contributed by atoms with van der Waals surface area (Å²) in [5.41, 5.74) is 0.184. The molecule has 0 saturated heterocycles. The molecular formula is C20H20Cl2N4O4. The zero-order chi connectivity index (χ0) is 22.0. The molecule has 0 unspecified atom stereocenters. The fraction of sp³-hybridized carbons (Fsp3) is 0.300. The molecule has 3 aromatic rings. The average Bonchev–Trinajstić information content (AvgIpc) is 2.71. The predicted octanol–water partition coefficient (Wildman–Crippen LogP) is 2.91. The molecule has 0 aliphatic heterocycles. The third kappa shape index (κ3) is 4.20. The van der Waals surface area contributed by atoms with Crippen LogP contribution < -0.4 is 21.3 Å². The van der Waals surface area contributed by atoms with Crippen molar-refractivity contribution in [2.45, 2.75) is 19.8 Å². The van der Waals surface area contributed by atoms with Crippen molar-refractivity contribution in [1.82, 2.24) is 14.1 Å². The number of fused-ring (bicyclic) bond motifs is 1. The minimum atomic E-state index is -0.532. The Kier molecular flexibility index (Phi) is 6.48. The Morgan fingerprint density at radius 2 is 1.93 bits per heavy atom. The molecule has 2 heterocycles. The number of ether oxygens (including phenoxy) is 1. The molecule has 1 aromatic carbocycles. The van der Waals surface area contributed by atoms with Crippen molar-refractivity contribution in [2.75, 3.05) is 11.9 Å². The molecule has 0 aliphatic rings. The maximum Gasteiger partial charge on any atom is 0.332 e. The molecule has 30 heavy (non-hydrogen) atoms. The van der Waals surface area contributed by atoms with Gasteiger partial charge < -0.3 is 10.1 Å². The molecule has 0 radical (unpaired) electrons. The van der Waals surface area contributed by atoms with Gasteiger partial charge in [-0.15, -0.1) is 0 Å². The number of hydrogen-bond donors (Lipinski definition) is 1. The van der Waals surface area contributed by atoms with E-state index in [1.165, 1.54) is 24.7 Å². The first-order valence-corrected chi connectivity index (χ1v) is 9.95. The minimum Gasteiger partial charge on any atom is -0.482 e. The van der Waals surface area contributed by atoms with Crippen molar-refractivity contribution >= 4 is 45.8 Å². The maximum atomic E-state index is 12.8. The van der Waals surface area contributed by atoms with Gasteiger partial charge in [0.2, 0.25) is 0 Å². The highest BCUT2D eigenvalue weighted by Crippen LogP contribution is 2.28. The van der Waals surface area contributed by atoms with Crippen LogP contribution in [0.4, 0.5) is 5.69 Å². The van der Waals surface area contributed by atoms with E-state index in [-0.39, 0.29) is 22.7 Å². The molecule has 0 atom stereocenters. The van der Waals surface area contributed by atoms with E-state index in [0.717, 1.165) is 11.0 Å². The van der Waals surface area contributed by atoms with Gasteiger partial charge in [-0.25, -0.2) is 9.78 Å². The lowest BCUT2D eigenvalue weighted by Gasteiger charge is -2.15. The number of pyridine rings is 1. The number of aryl methyl sites for hydroxylation is 2. The normalized spacial score (nSPS) is 11.0. The van der Waals surface area contributed by atoms with Gasteiger partial charge in [-0.1, -0.05) is 36.5 Å². The lowest BCUT2D eigenvalue weighted by atomic mass is 10.1. The maximum absolute atomic E-state index is 12.8. The smallest absolute Gasteiger partial charge is 0.332 e. The number of aromatic nitrogens is 3. The number of carbonyl (C=O) groups is 1. The molecule has 0 fully saturated rings. The highest BCUT2D eigenvalue weighted by atomic mass is 35.5. The number of nitrogens with one attached hydrogen (secondary N) is 1. The third-order valence-electron chi connectivity index (χ3n) is 4.58. The van der Waals surface area contributed by atoms with Crippen LogP contribution in [0.25, 0.3) is 11.0 Å². The molecule has 2 aromatic heterocycles. The summed E-state index contributed by atoms with van der Waals surface area (Å²) in [5, 5.41) is 3.65. The van der Waals surface area contributed by atoms with E-state index < -0.39 is 17.2 Å². The first-order chi connectivity index (χ1) is 14.2. The van der Waals surface area contributed by atoms with Crippen LogP contribution >= 0.6 is 23.2 Å². The second-order valence-corrected chi connectivity index (χ2v) is 7.57. The van der Waals surface area contributed by atoms with Crippen molar-refractivity contribution in [3.05, 3.63) is 60.8 Å². The molecule has 0 saturated carbocycles. The summed E-state index contributed by atoms with van der Waals surface area (Å²) in [6, 6.07) is 4.67. The molecule has 8 nitrogen and oxygen atoms in total. The lowest BCUT2D eigenvalue weighted by Crippen LogP contribution is -2.38. The summed E-state index contributed by atoms with van der Waals surface area (Å²) in [4.78, 5) is 41.9. The highest BCUT2D eigenvalue weighted by molar-refractivity contribution is 6.35. The first kappa shape index (κ1) is 21.9. The van der Waals surface area contributed by atoms with Gasteiger partial charge in [-0.2, -0.15) is 0 Å². The number of halogens is 2. The highest BCUT2D eigenvalue weighted by Gasteiger charge is 2.19. The molecule has 0 spiro atoms. The fourth-order valence-electron chi connectivity index (χ4n) is 3.08. The topological polar surface area (TPSA) is 95.2 Å². The number of carbonyl (C=O) groups excluding carboxylic acids is 1. The quantitative estimate of drug-likeness (QED) is 0.622. The number of nitrogens with zero attached hydrogens (tertiary/aromatic N) is 3. The van der Waals surface area contributed by atoms with E-state index in [2.05, 4.69) is 10.3 Å². The molecule has 10 heteroatoms. The summed E-state index contributed by atoms with van der Waals surface area (Å²) in [7, 11) is 2.90.